The summed E-state index contributed by atoms with van der Waals surface area (Å²) in [5, 5.41) is 14.1. The van der Waals surface area contributed by atoms with Gasteiger partial charge >= 0.3 is 5.00 Å². The summed E-state index contributed by atoms with van der Waals surface area (Å²) >= 11 is 1.29. The summed E-state index contributed by atoms with van der Waals surface area (Å²) in [5.41, 5.74) is 0. The Morgan fingerprint density at radius 2 is 2.36 bits per heavy atom. The van der Waals surface area contributed by atoms with Crippen molar-refractivity contribution < 1.29 is 4.92 Å². The van der Waals surface area contributed by atoms with Crippen LogP contribution in [0, 0.1) is 10.1 Å². The van der Waals surface area contributed by atoms with Gasteiger partial charge in [0, 0.05) is 17.0 Å². The van der Waals surface area contributed by atoms with E-state index in [2.05, 4.69) is 5.32 Å². The van der Waals surface area contributed by atoms with E-state index in [9.17, 15) is 10.1 Å². The molecule has 0 bridgehead atoms. The van der Waals surface area contributed by atoms with E-state index in [-0.39, 0.29) is 9.92 Å². The van der Waals surface area contributed by atoms with Crippen LogP contribution < -0.4 is 5.32 Å². The first kappa shape index (κ1) is 9.61. The van der Waals surface area contributed by atoms with Gasteiger partial charge in [0.05, 0.1) is 4.92 Å². The van der Waals surface area contributed by atoms with Crippen LogP contribution in [0.1, 0.15) is 30.2 Å². The second-order valence-electron chi connectivity index (χ2n) is 3.44. The minimum atomic E-state index is -0.322. The van der Waals surface area contributed by atoms with Crippen molar-refractivity contribution in [3.05, 3.63) is 27.1 Å². The van der Waals surface area contributed by atoms with Crippen LogP contribution in [0.4, 0.5) is 5.00 Å². The average Bonchev–Trinajstić information content (AvgIpc) is 2.68. The summed E-state index contributed by atoms with van der Waals surface area (Å²) in [4.78, 5) is 11.3. The van der Waals surface area contributed by atoms with Gasteiger partial charge in [-0.25, -0.2) is 0 Å². The fraction of sp³-hybridized carbons (Fsp3) is 0.556. The van der Waals surface area contributed by atoms with E-state index in [1.54, 1.807) is 6.07 Å². The maximum Gasteiger partial charge on any atom is 0.324 e. The summed E-state index contributed by atoms with van der Waals surface area (Å²) in [7, 11) is 0. The predicted molar refractivity (Wildman–Crippen MR) is 55.6 cm³/mol. The molecular formula is C9H12N2O2S. The molecule has 1 fully saturated rings. The first-order valence-electron chi connectivity index (χ1n) is 4.75. The molecule has 14 heavy (non-hydrogen) atoms. The summed E-state index contributed by atoms with van der Waals surface area (Å²) in [6, 6.07) is 3.80. The Labute approximate surface area is 86.1 Å². The third kappa shape index (κ3) is 1.93. The lowest BCUT2D eigenvalue weighted by Gasteiger charge is -2.21. The fourth-order valence-electron chi connectivity index (χ4n) is 1.72. The maximum atomic E-state index is 10.5. The normalized spacial score (nSPS) is 22.1. The van der Waals surface area contributed by atoms with E-state index in [1.807, 2.05) is 6.07 Å². The monoisotopic (exact) mass is 212 g/mol. The van der Waals surface area contributed by atoms with Crippen LogP contribution in [0.15, 0.2) is 12.1 Å². The number of thiophene rings is 1. The van der Waals surface area contributed by atoms with E-state index in [0.717, 1.165) is 17.8 Å². The summed E-state index contributed by atoms with van der Waals surface area (Å²) in [5.74, 6) is 0. The number of hydrogen-bond donors (Lipinski definition) is 1. The highest BCUT2D eigenvalue weighted by Gasteiger charge is 2.19. The lowest BCUT2D eigenvalue weighted by atomic mass is 10.0. The minimum Gasteiger partial charge on any atom is -0.309 e. The SMILES string of the molecule is O=[N+]([O-])c1ccc([C@@H]2CCCCN2)s1. The van der Waals surface area contributed by atoms with E-state index in [1.165, 1.54) is 24.2 Å². The molecule has 0 radical (unpaired) electrons. The van der Waals surface area contributed by atoms with Gasteiger partial charge in [-0.15, -0.1) is 0 Å². The number of nitro groups is 1. The lowest BCUT2D eigenvalue weighted by molar-refractivity contribution is -0.380. The van der Waals surface area contributed by atoms with Gasteiger partial charge in [-0.1, -0.05) is 17.8 Å². The quantitative estimate of drug-likeness (QED) is 0.605. The Bertz CT molecular complexity index is 331. The third-order valence-electron chi connectivity index (χ3n) is 2.45. The first-order chi connectivity index (χ1) is 6.77. The molecule has 0 aromatic carbocycles. The molecular weight excluding hydrogens is 200 g/mol. The number of rotatable bonds is 2. The minimum absolute atomic E-state index is 0.243. The van der Waals surface area contributed by atoms with Gasteiger partial charge < -0.3 is 5.32 Å². The van der Waals surface area contributed by atoms with Gasteiger partial charge in [-0.05, 0) is 25.5 Å². The van der Waals surface area contributed by atoms with Crippen molar-refractivity contribution in [1.29, 1.82) is 0 Å². The Morgan fingerprint density at radius 3 is 2.93 bits per heavy atom. The highest BCUT2D eigenvalue weighted by atomic mass is 32.1. The molecule has 0 unspecified atom stereocenters. The fourth-order valence-corrected chi connectivity index (χ4v) is 2.65. The molecule has 2 heterocycles. The number of piperidine rings is 1. The van der Waals surface area contributed by atoms with Crippen molar-refractivity contribution in [1.82, 2.24) is 5.32 Å². The van der Waals surface area contributed by atoms with Crippen LogP contribution in [0.25, 0.3) is 0 Å². The van der Waals surface area contributed by atoms with Crippen LogP contribution in [-0.2, 0) is 0 Å². The number of nitrogens with zero attached hydrogens (tertiary/aromatic N) is 1. The molecule has 4 nitrogen and oxygen atoms in total. The molecule has 0 aliphatic carbocycles. The van der Waals surface area contributed by atoms with Crippen LogP contribution in [0.2, 0.25) is 0 Å². The Hall–Kier alpha value is -0.940. The molecule has 0 amide bonds. The molecule has 1 aromatic rings. The second kappa shape index (κ2) is 4.06. The molecule has 76 valence electrons. The Morgan fingerprint density at radius 1 is 1.50 bits per heavy atom. The summed E-state index contributed by atoms with van der Waals surface area (Å²) in [6.07, 6.45) is 3.52. The topological polar surface area (TPSA) is 55.2 Å². The van der Waals surface area contributed by atoms with E-state index >= 15 is 0 Å². The van der Waals surface area contributed by atoms with Gasteiger partial charge in [0.2, 0.25) is 0 Å². The van der Waals surface area contributed by atoms with E-state index in [0.29, 0.717) is 6.04 Å². The van der Waals surface area contributed by atoms with Crippen LogP contribution in [0.5, 0.6) is 0 Å². The summed E-state index contributed by atoms with van der Waals surface area (Å²) < 4.78 is 0. The van der Waals surface area contributed by atoms with Crippen LogP contribution in [-0.4, -0.2) is 11.5 Å². The first-order valence-corrected chi connectivity index (χ1v) is 5.56. The third-order valence-corrected chi connectivity index (χ3v) is 3.60. The van der Waals surface area contributed by atoms with Crippen molar-refractivity contribution >= 4 is 16.3 Å². The largest absolute Gasteiger partial charge is 0.324 e. The smallest absolute Gasteiger partial charge is 0.309 e. The predicted octanol–water partition coefficient (Wildman–Crippen LogP) is 2.47. The van der Waals surface area contributed by atoms with Gasteiger partial charge in [0.1, 0.15) is 0 Å². The van der Waals surface area contributed by atoms with E-state index < -0.39 is 0 Å². The molecule has 0 saturated carbocycles. The van der Waals surface area contributed by atoms with Gasteiger partial charge in [-0.2, -0.15) is 0 Å². The lowest BCUT2D eigenvalue weighted by Crippen LogP contribution is -2.25. The molecule has 1 aliphatic rings. The maximum absolute atomic E-state index is 10.5. The number of nitrogens with one attached hydrogen (secondary N) is 1. The van der Waals surface area contributed by atoms with Gasteiger partial charge in [0.25, 0.3) is 0 Å². The van der Waals surface area contributed by atoms with Crippen molar-refractivity contribution in [3.8, 4) is 0 Å². The second-order valence-corrected chi connectivity index (χ2v) is 4.53. The van der Waals surface area contributed by atoms with E-state index in [4.69, 9.17) is 0 Å². The van der Waals surface area contributed by atoms with Crippen molar-refractivity contribution in [3.63, 3.8) is 0 Å². The molecule has 1 N–H and O–H groups in total. The molecule has 5 heteroatoms. The molecule has 1 atom stereocenters. The van der Waals surface area contributed by atoms with Crippen molar-refractivity contribution in [2.24, 2.45) is 0 Å². The molecule has 1 aromatic heterocycles. The highest BCUT2D eigenvalue weighted by molar-refractivity contribution is 7.15. The van der Waals surface area contributed by atoms with Gasteiger partial charge in [-0.3, -0.25) is 10.1 Å². The van der Waals surface area contributed by atoms with Crippen LogP contribution >= 0.6 is 11.3 Å². The van der Waals surface area contributed by atoms with Crippen molar-refractivity contribution in [2.45, 2.75) is 25.3 Å². The Kier molecular flexibility index (Phi) is 2.79. The zero-order chi connectivity index (χ0) is 9.97. The zero-order valence-corrected chi connectivity index (χ0v) is 8.55. The number of hydrogen-bond acceptors (Lipinski definition) is 4. The van der Waals surface area contributed by atoms with Crippen LogP contribution in [0.3, 0.4) is 0 Å². The van der Waals surface area contributed by atoms with Crippen molar-refractivity contribution in [2.75, 3.05) is 6.54 Å². The Balaban J connectivity index is 2.11. The molecule has 1 aliphatic heterocycles. The highest BCUT2D eigenvalue weighted by Crippen LogP contribution is 2.32. The zero-order valence-electron chi connectivity index (χ0n) is 7.73. The molecule has 0 spiro atoms. The molecule has 1 saturated heterocycles. The average molecular weight is 212 g/mol. The standard InChI is InChI=1S/C9H12N2O2S/c12-11(13)9-5-4-8(14-9)7-3-1-2-6-10-7/h4-5,7,10H,1-3,6H2/t7-/m0/s1. The summed E-state index contributed by atoms with van der Waals surface area (Å²) in [6.45, 7) is 1.02. The van der Waals surface area contributed by atoms with Gasteiger partial charge in [0.15, 0.2) is 0 Å². The molecule has 2 rings (SSSR count).